The zero-order valence-electron chi connectivity index (χ0n) is 7.71. The Bertz CT molecular complexity index is 324. The predicted molar refractivity (Wildman–Crippen MR) is 44.4 cm³/mol. The van der Waals surface area contributed by atoms with E-state index in [4.69, 9.17) is 5.11 Å². The Morgan fingerprint density at radius 1 is 1.47 bits per heavy atom. The van der Waals surface area contributed by atoms with Gasteiger partial charge in [-0.1, -0.05) is 6.92 Å². The molecule has 0 amide bonds. The molecule has 0 rings (SSSR count). The number of carbonyl (C=O) groups is 1. The molecule has 0 saturated carbocycles. The van der Waals surface area contributed by atoms with Gasteiger partial charge in [0.25, 0.3) is 0 Å². The summed E-state index contributed by atoms with van der Waals surface area (Å²) in [6.45, 7) is 0.661. The molecule has 90 valence electrons. The van der Waals surface area contributed by atoms with Crippen molar-refractivity contribution in [2.24, 2.45) is 5.92 Å². The number of sulfonamides is 1. The van der Waals surface area contributed by atoms with Gasteiger partial charge in [-0.25, -0.2) is 13.1 Å². The van der Waals surface area contributed by atoms with Gasteiger partial charge in [0.05, 0.1) is 5.92 Å². The Labute approximate surface area is 84.3 Å². The second-order valence-corrected chi connectivity index (χ2v) is 4.50. The lowest BCUT2D eigenvalue weighted by Gasteiger charge is -2.12. The molecule has 0 aliphatic carbocycles. The highest BCUT2D eigenvalue weighted by Gasteiger charge is 2.45. The topological polar surface area (TPSA) is 83.5 Å². The molecule has 0 aromatic carbocycles. The Hall–Kier alpha value is -0.830. The maximum atomic E-state index is 11.8. The van der Waals surface area contributed by atoms with Gasteiger partial charge in [-0.15, -0.1) is 0 Å². The van der Waals surface area contributed by atoms with Crippen molar-refractivity contribution in [3.8, 4) is 0 Å². The molecule has 0 fully saturated rings. The average molecular weight is 249 g/mol. The molecule has 2 N–H and O–H groups in total. The summed E-state index contributed by atoms with van der Waals surface area (Å²) < 4.78 is 57.5. The molecule has 1 unspecified atom stereocenters. The van der Waals surface area contributed by atoms with Crippen LogP contribution in [0.5, 0.6) is 0 Å². The molecule has 0 spiro atoms. The monoisotopic (exact) mass is 249 g/mol. The van der Waals surface area contributed by atoms with Crippen molar-refractivity contribution in [2.75, 3.05) is 6.54 Å². The molecular formula is C6H10F3NO4S. The van der Waals surface area contributed by atoms with Crippen molar-refractivity contribution in [1.82, 2.24) is 4.72 Å². The quantitative estimate of drug-likeness (QED) is 0.744. The third-order valence-electron chi connectivity index (χ3n) is 1.67. The van der Waals surface area contributed by atoms with E-state index in [2.05, 4.69) is 0 Å². The molecule has 1 atom stereocenters. The molecule has 0 aliphatic heterocycles. The predicted octanol–water partition coefficient (Wildman–Crippen LogP) is 0.536. The Kier molecular flexibility index (Phi) is 4.53. The van der Waals surface area contributed by atoms with Crippen LogP contribution in [0.1, 0.15) is 13.3 Å². The van der Waals surface area contributed by atoms with Crippen LogP contribution >= 0.6 is 0 Å². The number of hydrogen-bond donors (Lipinski definition) is 2. The van der Waals surface area contributed by atoms with Gasteiger partial charge in [0, 0.05) is 6.54 Å². The minimum Gasteiger partial charge on any atom is -0.481 e. The number of carboxylic acid groups (broad SMARTS) is 1. The van der Waals surface area contributed by atoms with E-state index in [9.17, 15) is 26.4 Å². The lowest BCUT2D eigenvalue weighted by molar-refractivity contribution is -0.141. The van der Waals surface area contributed by atoms with Crippen LogP contribution in [0.4, 0.5) is 13.2 Å². The fourth-order valence-electron chi connectivity index (χ4n) is 0.698. The highest BCUT2D eigenvalue weighted by molar-refractivity contribution is 7.90. The highest BCUT2D eigenvalue weighted by Crippen LogP contribution is 2.21. The van der Waals surface area contributed by atoms with E-state index in [1.54, 1.807) is 0 Å². The van der Waals surface area contributed by atoms with Crippen LogP contribution in [0.2, 0.25) is 0 Å². The second kappa shape index (κ2) is 4.79. The number of aliphatic carboxylic acids is 1. The van der Waals surface area contributed by atoms with E-state index in [1.807, 2.05) is 0 Å². The summed E-state index contributed by atoms with van der Waals surface area (Å²) >= 11 is 0. The maximum Gasteiger partial charge on any atom is 0.511 e. The van der Waals surface area contributed by atoms with Crippen molar-refractivity contribution >= 4 is 16.0 Å². The first-order chi connectivity index (χ1) is 6.62. The van der Waals surface area contributed by atoms with Crippen LogP contribution in [0.25, 0.3) is 0 Å². The highest BCUT2D eigenvalue weighted by atomic mass is 32.2. The van der Waals surface area contributed by atoms with E-state index in [-0.39, 0.29) is 6.42 Å². The summed E-state index contributed by atoms with van der Waals surface area (Å²) in [6.07, 6.45) is 0.0374. The van der Waals surface area contributed by atoms with Gasteiger partial charge in [0.15, 0.2) is 0 Å². The third kappa shape index (κ3) is 4.04. The van der Waals surface area contributed by atoms with E-state index in [1.165, 1.54) is 11.6 Å². The minimum absolute atomic E-state index is 0.0374. The Morgan fingerprint density at radius 3 is 2.20 bits per heavy atom. The summed E-state index contributed by atoms with van der Waals surface area (Å²) in [4.78, 5) is 10.4. The first-order valence-electron chi connectivity index (χ1n) is 3.90. The summed E-state index contributed by atoms with van der Waals surface area (Å²) in [7, 11) is -5.45. The number of rotatable bonds is 5. The SMILES string of the molecule is CCC(CNS(=O)(=O)C(F)(F)F)C(=O)O. The number of hydrogen-bond acceptors (Lipinski definition) is 3. The van der Waals surface area contributed by atoms with Crippen molar-refractivity contribution in [2.45, 2.75) is 18.9 Å². The van der Waals surface area contributed by atoms with E-state index >= 15 is 0 Å². The number of halogens is 3. The second-order valence-electron chi connectivity index (χ2n) is 2.74. The molecule has 0 aliphatic rings. The van der Waals surface area contributed by atoms with Crippen molar-refractivity contribution in [3.05, 3.63) is 0 Å². The standard InChI is InChI=1S/C6H10F3NO4S/c1-2-4(5(11)12)3-10-15(13,14)6(7,8)9/h4,10H,2-3H2,1H3,(H,11,12). The van der Waals surface area contributed by atoms with Gasteiger partial charge in [0.1, 0.15) is 0 Å². The van der Waals surface area contributed by atoms with Gasteiger partial charge in [-0.2, -0.15) is 13.2 Å². The normalized spacial score (nSPS) is 14.9. The summed E-state index contributed by atoms with van der Waals surface area (Å²) in [5.74, 6) is -2.51. The number of carboxylic acids is 1. The molecule has 0 saturated heterocycles. The van der Waals surface area contributed by atoms with Gasteiger partial charge >= 0.3 is 21.5 Å². The van der Waals surface area contributed by atoms with Crippen LogP contribution in [-0.2, 0) is 14.8 Å². The van der Waals surface area contributed by atoms with Crippen molar-refractivity contribution in [3.63, 3.8) is 0 Å². The number of nitrogens with one attached hydrogen (secondary N) is 1. The summed E-state index contributed by atoms with van der Waals surface area (Å²) in [5, 5.41) is 8.46. The zero-order valence-corrected chi connectivity index (χ0v) is 8.52. The summed E-state index contributed by atoms with van der Waals surface area (Å²) in [5.41, 5.74) is -5.41. The maximum absolute atomic E-state index is 11.8. The molecule has 0 radical (unpaired) electrons. The van der Waals surface area contributed by atoms with Gasteiger partial charge < -0.3 is 5.11 Å². The lowest BCUT2D eigenvalue weighted by Crippen LogP contribution is -2.40. The minimum atomic E-state index is -5.45. The average Bonchev–Trinajstić information content (AvgIpc) is 2.02. The van der Waals surface area contributed by atoms with Crippen molar-refractivity contribution in [1.29, 1.82) is 0 Å². The third-order valence-corrected chi connectivity index (χ3v) is 2.82. The molecule has 5 nitrogen and oxygen atoms in total. The van der Waals surface area contributed by atoms with Crippen molar-refractivity contribution < 1.29 is 31.5 Å². The van der Waals surface area contributed by atoms with Gasteiger partial charge in [-0.05, 0) is 6.42 Å². The van der Waals surface area contributed by atoms with Crippen LogP contribution in [0.15, 0.2) is 0 Å². The molecule has 9 heteroatoms. The van der Waals surface area contributed by atoms with Crippen LogP contribution in [0, 0.1) is 5.92 Å². The smallest absolute Gasteiger partial charge is 0.481 e. The molecule has 15 heavy (non-hydrogen) atoms. The zero-order chi connectivity index (χ0) is 12.3. The van der Waals surface area contributed by atoms with E-state index in [0.717, 1.165) is 0 Å². The van der Waals surface area contributed by atoms with Crippen LogP contribution in [0.3, 0.4) is 0 Å². The molecule has 0 aromatic heterocycles. The fraction of sp³-hybridized carbons (Fsp3) is 0.833. The number of alkyl halides is 3. The van der Waals surface area contributed by atoms with Crippen LogP contribution in [-0.4, -0.2) is 31.5 Å². The van der Waals surface area contributed by atoms with E-state index in [0.29, 0.717) is 0 Å². The molecule has 0 heterocycles. The summed E-state index contributed by atoms with van der Waals surface area (Å²) in [6, 6.07) is 0. The van der Waals surface area contributed by atoms with Gasteiger partial charge in [-0.3, -0.25) is 4.79 Å². The Balaban J connectivity index is 4.46. The van der Waals surface area contributed by atoms with Gasteiger partial charge in [0.2, 0.25) is 0 Å². The molecule has 0 bridgehead atoms. The Morgan fingerprint density at radius 2 is 1.93 bits per heavy atom. The molecular weight excluding hydrogens is 239 g/mol. The fourth-order valence-corrected chi connectivity index (χ4v) is 1.28. The molecule has 0 aromatic rings. The van der Waals surface area contributed by atoms with E-state index < -0.39 is 34.0 Å². The first kappa shape index (κ1) is 14.2. The van der Waals surface area contributed by atoms with Crippen LogP contribution < -0.4 is 4.72 Å². The first-order valence-corrected chi connectivity index (χ1v) is 5.39. The lowest BCUT2D eigenvalue weighted by atomic mass is 10.1. The largest absolute Gasteiger partial charge is 0.511 e.